The molecule has 82 valence electrons. The second-order valence-electron chi connectivity index (χ2n) is 3.41. The molecule has 1 aromatic heterocycles. The fraction of sp³-hybridized carbons (Fsp3) is 0.400. The number of anilines is 1. The van der Waals surface area contributed by atoms with Gasteiger partial charge in [0.1, 0.15) is 0 Å². The standard InChI is InChI=1S/C10H15N3O2/c1-7(6-14)13-10(15)4-9-3-2-8(11)5-12-9/h2-3,5,7,14H,4,6,11H2,1H3,(H,13,15)/t7-/m1/s1. The van der Waals surface area contributed by atoms with Crippen LogP contribution in [0.15, 0.2) is 18.3 Å². The van der Waals surface area contributed by atoms with Crippen LogP contribution < -0.4 is 11.1 Å². The Morgan fingerprint density at radius 1 is 1.67 bits per heavy atom. The third-order valence-corrected chi connectivity index (χ3v) is 1.87. The maximum atomic E-state index is 11.4. The molecule has 0 radical (unpaired) electrons. The number of rotatable bonds is 4. The maximum Gasteiger partial charge on any atom is 0.226 e. The number of nitrogen functional groups attached to an aromatic ring is 1. The van der Waals surface area contributed by atoms with Gasteiger partial charge in [0.2, 0.25) is 5.91 Å². The summed E-state index contributed by atoms with van der Waals surface area (Å²) in [5.41, 5.74) is 6.69. The van der Waals surface area contributed by atoms with Crippen molar-refractivity contribution in [1.82, 2.24) is 10.3 Å². The third-order valence-electron chi connectivity index (χ3n) is 1.87. The predicted octanol–water partition coefficient (Wildman–Crippen LogP) is -0.297. The van der Waals surface area contributed by atoms with E-state index < -0.39 is 0 Å². The summed E-state index contributed by atoms with van der Waals surface area (Å²) in [6.07, 6.45) is 1.71. The van der Waals surface area contributed by atoms with Crippen molar-refractivity contribution in [2.24, 2.45) is 0 Å². The minimum absolute atomic E-state index is 0.0685. The number of hydrogen-bond acceptors (Lipinski definition) is 4. The molecule has 0 aromatic carbocycles. The van der Waals surface area contributed by atoms with Crippen molar-refractivity contribution in [1.29, 1.82) is 0 Å². The lowest BCUT2D eigenvalue weighted by atomic mass is 10.2. The summed E-state index contributed by atoms with van der Waals surface area (Å²) in [6, 6.07) is 3.18. The molecule has 0 bridgehead atoms. The van der Waals surface area contributed by atoms with Gasteiger partial charge in [-0.3, -0.25) is 9.78 Å². The average molecular weight is 209 g/mol. The van der Waals surface area contributed by atoms with Crippen molar-refractivity contribution in [2.75, 3.05) is 12.3 Å². The number of nitrogens with zero attached hydrogens (tertiary/aromatic N) is 1. The van der Waals surface area contributed by atoms with Gasteiger partial charge in [0.25, 0.3) is 0 Å². The molecule has 1 atom stereocenters. The Morgan fingerprint density at radius 3 is 2.93 bits per heavy atom. The van der Waals surface area contributed by atoms with Gasteiger partial charge in [0.05, 0.1) is 24.9 Å². The highest BCUT2D eigenvalue weighted by molar-refractivity contribution is 5.78. The number of carbonyl (C=O) groups excluding carboxylic acids is 1. The molecule has 5 nitrogen and oxygen atoms in total. The van der Waals surface area contributed by atoms with Gasteiger partial charge >= 0.3 is 0 Å². The van der Waals surface area contributed by atoms with E-state index in [1.54, 1.807) is 19.1 Å². The molecule has 0 saturated carbocycles. The van der Waals surface area contributed by atoms with Crippen molar-refractivity contribution in [3.8, 4) is 0 Å². The zero-order chi connectivity index (χ0) is 11.3. The average Bonchev–Trinajstić information content (AvgIpc) is 2.21. The molecule has 0 fully saturated rings. The van der Waals surface area contributed by atoms with Crippen LogP contribution in [0.3, 0.4) is 0 Å². The van der Waals surface area contributed by atoms with Crippen molar-refractivity contribution >= 4 is 11.6 Å². The molecular weight excluding hydrogens is 194 g/mol. The normalized spacial score (nSPS) is 12.1. The van der Waals surface area contributed by atoms with Crippen LogP contribution in [0.5, 0.6) is 0 Å². The second-order valence-corrected chi connectivity index (χ2v) is 3.41. The molecule has 0 spiro atoms. The minimum Gasteiger partial charge on any atom is -0.397 e. The third kappa shape index (κ3) is 3.95. The molecule has 15 heavy (non-hydrogen) atoms. The Balaban J connectivity index is 2.48. The topological polar surface area (TPSA) is 88.2 Å². The van der Waals surface area contributed by atoms with Crippen LogP contribution in [0.1, 0.15) is 12.6 Å². The van der Waals surface area contributed by atoms with Gasteiger partial charge in [-0.15, -0.1) is 0 Å². The summed E-state index contributed by atoms with van der Waals surface area (Å²) in [5.74, 6) is -0.158. The lowest BCUT2D eigenvalue weighted by Crippen LogP contribution is -2.36. The lowest BCUT2D eigenvalue weighted by molar-refractivity contribution is -0.121. The van der Waals surface area contributed by atoms with E-state index in [1.807, 2.05) is 0 Å². The van der Waals surface area contributed by atoms with Gasteiger partial charge < -0.3 is 16.2 Å². The van der Waals surface area contributed by atoms with Crippen LogP contribution in [0.25, 0.3) is 0 Å². The molecule has 4 N–H and O–H groups in total. The smallest absolute Gasteiger partial charge is 0.226 e. The minimum atomic E-state index is -0.230. The maximum absolute atomic E-state index is 11.4. The Bertz CT molecular complexity index is 324. The van der Waals surface area contributed by atoms with E-state index in [9.17, 15) is 4.79 Å². The first-order valence-corrected chi connectivity index (χ1v) is 4.72. The molecule has 0 saturated heterocycles. The summed E-state index contributed by atoms with van der Waals surface area (Å²) in [7, 11) is 0. The fourth-order valence-electron chi connectivity index (χ4n) is 1.08. The number of nitrogens with two attached hydrogens (primary N) is 1. The molecule has 0 unspecified atom stereocenters. The van der Waals surface area contributed by atoms with Gasteiger partial charge in [-0.25, -0.2) is 0 Å². The summed E-state index contributed by atoms with van der Waals surface area (Å²) in [4.78, 5) is 15.4. The van der Waals surface area contributed by atoms with E-state index in [-0.39, 0.29) is 25.0 Å². The quantitative estimate of drug-likeness (QED) is 0.635. The van der Waals surface area contributed by atoms with Gasteiger partial charge in [-0.2, -0.15) is 0 Å². The number of nitrogens with one attached hydrogen (secondary N) is 1. The van der Waals surface area contributed by atoms with Crippen molar-refractivity contribution in [3.63, 3.8) is 0 Å². The summed E-state index contributed by atoms with van der Waals surface area (Å²) in [5, 5.41) is 11.4. The summed E-state index contributed by atoms with van der Waals surface area (Å²) >= 11 is 0. The molecule has 0 aliphatic heterocycles. The number of amides is 1. The van der Waals surface area contributed by atoms with Crippen LogP contribution in [0.2, 0.25) is 0 Å². The molecule has 0 aliphatic carbocycles. The van der Waals surface area contributed by atoms with Gasteiger partial charge in [-0.05, 0) is 19.1 Å². The zero-order valence-electron chi connectivity index (χ0n) is 8.60. The van der Waals surface area contributed by atoms with Crippen molar-refractivity contribution in [2.45, 2.75) is 19.4 Å². The molecule has 0 aliphatic rings. The first kappa shape index (κ1) is 11.5. The van der Waals surface area contributed by atoms with Crippen LogP contribution in [-0.4, -0.2) is 28.6 Å². The molecular formula is C10H15N3O2. The van der Waals surface area contributed by atoms with Crippen LogP contribution in [-0.2, 0) is 11.2 Å². The highest BCUT2D eigenvalue weighted by Gasteiger charge is 2.07. The van der Waals surface area contributed by atoms with Crippen LogP contribution >= 0.6 is 0 Å². The van der Waals surface area contributed by atoms with Crippen LogP contribution in [0, 0.1) is 0 Å². The van der Waals surface area contributed by atoms with E-state index in [1.165, 1.54) is 6.20 Å². The number of pyridine rings is 1. The Morgan fingerprint density at radius 2 is 2.40 bits per heavy atom. The number of hydrogen-bond donors (Lipinski definition) is 3. The van der Waals surface area contributed by atoms with Crippen molar-refractivity contribution < 1.29 is 9.90 Å². The van der Waals surface area contributed by atoms with Crippen LogP contribution in [0.4, 0.5) is 5.69 Å². The molecule has 1 rings (SSSR count). The SMILES string of the molecule is C[C@H](CO)NC(=O)Cc1ccc(N)cn1. The highest BCUT2D eigenvalue weighted by Crippen LogP contribution is 2.01. The van der Waals surface area contributed by atoms with Gasteiger partial charge in [0.15, 0.2) is 0 Å². The molecule has 1 aromatic rings. The van der Waals surface area contributed by atoms with E-state index in [0.29, 0.717) is 11.4 Å². The van der Waals surface area contributed by atoms with Crippen molar-refractivity contribution in [3.05, 3.63) is 24.0 Å². The number of carbonyl (C=O) groups is 1. The first-order valence-electron chi connectivity index (χ1n) is 4.72. The number of aliphatic hydroxyl groups is 1. The number of aliphatic hydroxyl groups excluding tert-OH is 1. The lowest BCUT2D eigenvalue weighted by Gasteiger charge is -2.10. The second kappa shape index (κ2) is 5.31. The monoisotopic (exact) mass is 209 g/mol. The molecule has 5 heteroatoms. The van der Waals surface area contributed by atoms with E-state index in [0.717, 1.165) is 0 Å². The zero-order valence-corrected chi connectivity index (χ0v) is 8.60. The summed E-state index contributed by atoms with van der Waals surface area (Å²) < 4.78 is 0. The largest absolute Gasteiger partial charge is 0.397 e. The molecule has 1 heterocycles. The Hall–Kier alpha value is -1.62. The molecule has 1 amide bonds. The van der Waals surface area contributed by atoms with E-state index in [2.05, 4.69) is 10.3 Å². The highest BCUT2D eigenvalue weighted by atomic mass is 16.3. The Labute approximate surface area is 88.3 Å². The predicted molar refractivity (Wildman–Crippen MR) is 57.0 cm³/mol. The van der Waals surface area contributed by atoms with Gasteiger partial charge in [-0.1, -0.05) is 0 Å². The van der Waals surface area contributed by atoms with E-state index in [4.69, 9.17) is 10.8 Å². The van der Waals surface area contributed by atoms with E-state index >= 15 is 0 Å². The Kier molecular flexibility index (Phi) is 4.05. The first-order chi connectivity index (χ1) is 7.11. The fourth-order valence-corrected chi connectivity index (χ4v) is 1.08. The number of aromatic nitrogens is 1. The van der Waals surface area contributed by atoms with Gasteiger partial charge in [0, 0.05) is 11.7 Å². The summed E-state index contributed by atoms with van der Waals surface area (Å²) in [6.45, 7) is 1.66.